The van der Waals surface area contributed by atoms with Crippen LogP contribution in [0.3, 0.4) is 0 Å². The molecule has 0 unspecified atom stereocenters. The zero-order valence-electron chi connectivity index (χ0n) is 28.6. The minimum atomic E-state index is -1.22. The fraction of sp³-hybridized carbons (Fsp3) is 0.459. The summed E-state index contributed by atoms with van der Waals surface area (Å²) in [5.74, 6) is -0.845. The van der Waals surface area contributed by atoms with E-state index in [0.29, 0.717) is 12.8 Å². The van der Waals surface area contributed by atoms with Crippen LogP contribution in [0.2, 0.25) is 0 Å². The average Bonchev–Trinajstić information content (AvgIpc) is 3.00. The maximum Gasteiger partial charge on any atom is 0.407 e. The van der Waals surface area contributed by atoms with Gasteiger partial charge in [-0.2, -0.15) is 0 Å². The van der Waals surface area contributed by atoms with Crippen molar-refractivity contribution in [2.75, 3.05) is 7.05 Å². The summed E-state index contributed by atoms with van der Waals surface area (Å²) in [7, 11) is 1.38. The van der Waals surface area contributed by atoms with Crippen LogP contribution >= 0.6 is 0 Å². The molecule has 2 aromatic carbocycles. The first-order valence-corrected chi connectivity index (χ1v) is 16.0. The number of likely N-dealkylation sites (N-methyl/N-ethyl adjacent to an activating group) is 1. The van der Waals surface area contributed by atoms with Crippen LogP contribution in [0.4, 0.5) is 4.79 Å². The van der Waals surface area contributed by atoms with Gasteiger partial charge in [-0.15, -0.1) is 0 Å². The smallest absolute Gasteiger partial charge is 0.407 e. The van der Waals surface area contributed by atoms with Crippen molar-refractivity contribution in [3.8, 4) is 11.3 Å². The highest BCUT2D eigenvalue weighted by molar-refractivity contribution is 5.86. The van der Waals surface area contributed by atoms with Gasteiger partial charge in [-0.25, -0.2) is 4.79 Å². The number of carbonyl (C=O) groups excluding carboxylic acids is 2. The summed E-state index contributed by atoms with van der Waals surface area (Å²) in [4.78, 5) is 44.4. The number of hydrogen-bond acceptors (Lipinski definition) is 6. The molecule has 10 heteroatoms. The third-order valence-corrected chi connectivity index (χ3v) is 8.33. The normalized spacial score (nSPS) is 15.1. The van der Waals surface area contributed by atoms with Crippen LogP contribution in [0.1, 0.15) is 59.1 Å². The molecule has 1 aromatic heterocycles. The number of benzene rings is 2. The standard InChI is InChI=1S/C37H51N5O5/c1-36(2,3)31(38)33(44)41-29(22-24-13-9-8-10-14-24)30(43)23-27(40-34(45)32(37(4,5)6)42(7)35(46)47)21-25-16-18-26(19-17-25)28-15-11-12-20-39-28/h8-20,27,29-32,43H,21-23,38H2,1-7H3,(H,40,45)(H,41,44)(H,46,47)/t27-,29-,30-,31+,32+/m0/s1. The lowest BCUT2D eigenvalue weighted by atomic mass is 9.84. The molecule has 0 aliphatic carbocycles. The highest BCUT2D eigenvalue weighted by Gasteiger charge is 2.39. The number of nitrogens with zero attached hydrogens (tertiary/aromatic N) is 2. The maximum atomic E-state index is 13.8. The Morgan fingerprint density at radius 3 is 1.94 bits per heavy atom. The second-order valence-corrected chi connectivity index (χ2v) is 14.4. The number of hydrogen-bond donors (Lipinski definition) is 5. The summed E-state index contributed by atoms with van der Waals surface area (Å²) < 4.78 is 0. The molecule has 6 N–H and O–H groups in total. The number of rotatable bonds is 13. The summed E-state index contributed by atoms with van der Waals surface area (Å²) in [6.45, 7) is 11.1. The van der Waals surface area contributed by atoms with Gasteiger partial charge >= 0.3 is 6.09 Å². The van der Waals surface area contributed by atoms with Gasteiger partial charge in [0.1, 0.15) is 6.04 Å². The molecule has 0 spiro atoms. The maximum absolute atomic E-state index is 13.8. The van der Waals surface area contributed by atoms with Gasteiger partial charge in [0.05, 0.1) is 23.9 Å². The quantitative estimate of drug-likeness (QED) is 0.181. The Morgan fingerprint density at radius 2 is 1.40 bits per heavy atom. The number of nitrogens with one attached hydrogen (secondary N) is 2. The van der Waals surface area contributed by atoms with E-state index in [1.807, 2.05) is 93.6 Å². The van der Waals surface area contributed by atoms with Crippen molar-refractivity contribution >= 4 is 17.9 Å². The van der Waals surface area contributed by atoms with Crippen molar-refractivity contribution in [3.63, 3.8) is 0 Å². The van der Waals surface area contributed by atoms with Crippen molar-refractivity contribution in [2.45, 2.75) is 91.1 Å². The number of aliphatic hydroxyl groups excluding tert-OH is 1. The van der Waals surface area contributed by atoms with Crippen molar-refractivity contribution in [1.82, 2.24) is 20.5 Å². The van der Waals surface area contributed by atoms with Crippen LogP contribution in [0, 0.1) is 10.8 Å². The third kappa shape index (κ3) is 10.9. The molecule has 0 saturated carbocycles. The van der Waals surface area contributed by atoms with Gasteiger partial charge in [0.15, 0.2) is 0 Å². The van der Waals surface area contributed by atoms with Gasteiger partial charge < -0.3 is 26.6 Å². The molecular formula is C37H51N5O5. The van der Waals surface area contributed by atoms with Crippen LogP contribution in [0.25, 0.3) is 11.3 Å². The number of carbonyl (C=O) groups is 3. The first-order valence-electron chi connectivity index (χ1n) is 16.0. The minimum Gasteiger partial charge on any atom is -0.465 e. The first kappa shape index (κ1) is 37.2. The zero-order chi connectivity index (χ0) is 34.9. The van der Waals surface area contributed by atoms with Gasteiger partial charge in [-0.3, -0.25) is 19.5 Å². The number of nitrogens with two attached hydrogens (primary N) is 1. The van der Waals surface area contributed by atoms with E-state index in [4.69, 9.17) is 5.73 Å². The summed E-state index contributed by atoms with van der Waals surface area (Å²) in [6, 6.07) is 19.9. The number of carboxylic acid groups (broad SMARTS) is 1. The number of aliphatic hydroxyl groups is 1. The Bertz CT molecular complexity index is 1450. The van der Waals surface area contributed by atoms with Crippen LogP contribution < -0.4 is 16.4 Å². The SMILES string of the molecule is CN(C(=O)O)[C@H](C(=O)N[C@@H](Cc1ccc(-c2ccccn2)cc1)C[C@H](O)[C@H](Cc1ccccc1)NC(=O)[C@@H](N)C(C)(C)C)C(C)(C)C. The molecule has 3 amide bonds. The Balaban J connectivity index is 1.93. The lowest BCUT2D eigenvalue weighted by Crippen LogP contribution is -2.57. The second kappa shape index (κ2) is 16.0. The Morgan fingerprint density at radius 1 is 0.809 bits per heavy atom. The molecule has 3 rings (SSSR count). The molecular weight excluding hydrogens is 594 g/mol. The first-order chi connectivity index (χ1) is 22.0. The van der Waals surface area contributed by atoms with Crippen molar-refractivity contribution in [2.24, 2.45) is 16.6 Å². The lowest BCUT2D eigenvalue weighted by Gasteiger charge is -2.37. The number of aromatic nitrogens is 1. The molecule has 1 heterocycles. The summed E-state index contributed by atoms with van der Waals surface area (Å²) in [6.07, 6.45) is 0.221. The van der Waals surface area contributed by atoms with Gasteiger partial charge in [-0.05, 0) is 53.4 Å². The predicted molar refractivity (Wildman–Crippen MR) is 184 cm³/mol. The molecule has 3 aromatic rings. The van der Waals surface area contributed by atoms with E-state index in [0.717, 1.165) is 27.3 Å². The molecule has 0 bridgehead atoms. The van der Waals surface area contributed by atoms with E-state index >= 15 is 0 Å². The van der Waals surface area contributed by atoms with Crippen molar-refractivity contribution in [3.05, 3.63) is 90.1 Å². The van der Waals surface area contributed by atoms with Crippen LogP contribution in [-0.4, -0.2) is 75.3 Å². The lowest BCUT2D eigenvalue weighted by molar-refractivity contribution is -0.130. The molecule has 0 radical (unpaired) electrons. The molecule has 254 valence electrons. The predicted octanol–water partition coefficient (Wildman–Crippen LogP) is 4.65. The monoisotopic (exact) mass is 645 g/mol. The van der Waals surface area contributed by atoms with Gasteiger partial charge in [0.2, 0.25) is 11.8 Å². The van der Waals surface area contributed by atoms with Gasteiger partial charge in [-0.1, -0.05) is 102 Å². The van der Waals surface area contributed by atoms with E-state index in [-0.39, 0.29) is 12.3 Å². The molecule has 0 saturated heterocycles. The largest absolute Gasteiger partial charge is 0.465 e. The average molecular weight is 646 g/mol. The molecule has 0 fully saturated rings. The topological polar surface area (TPSA) is 158 Å². The number of amides is 3. The third-order valence-electron chi connectivity index (χ3n) is 8.33. The van der Waals surface area contributed by atoms with E-state index < -0.39 is 53.1 Å². The highest BCUT2D eigenvalue weighted by Crippen LogP contribution is 2.25. The summed E-state index contributed by atoms with van der Waals surface area (Å²) in [5.41, 5.74) is 8.66. The Kier molecular flexibility index (Phi) is 12.7. The fourth-order valence-electron chi connectivity index (χ4n) is 5.64. The molecule has 0 aliphatic heterocycles. The second-order valence-electron chi connectivity index (χ2n) is 14.4. The molecule has 5 atom stereocenters. The molecule has 10 nitrogen and oxygen atoms in total. The van der Waals surface area contributed by atoms with Crippen molar-refractivity contribution in [1.29, 1.82) is 0 Å². The van der Waals surface area contributed by atoms with Crippen molar-refractivity contribution < 1.29 is 24.6 Å². The minimum absolute atomic E-state index is 0.0872. The molecule has 0 aliphatic rings. The van der Waals surface area contributed by atoms with Crippen LogP contribution in [-0.2, 0) is 22.4 Å². The summed E-state index contributed by atoms with van der Waals surface area (Å²) in [5, 5.41) is 27.5. The van der Waals surface area contributed by atoms with Gasteiger partial charge in [0.25, 0.3) is 0 Å². The summed E-state index contributed by atoms with van der Waals surface area (Å²) >= 11 is 0. The van der Waals surface area contributed by atoms with E-state index in [9.17, 15) is 24.6 Å². The van der Waals surface area contributed by atoms with E-state index in [2.05, 4.69) is 15.6 Å². The zero-order valence-corrected chi connectivity index (χ0v) is 28.6. The number of pyridine rings is 1. The van der Waals surface area contributed by atoms with E-state index in [1.54, 1.807) is 27.0 Å². The van der Waals surface area contributed by atoms with E-state index in [1.165, 1.54) is 7.05 Å². The van der Waals surface area contributed by atoms with Crippen LogP contribution in [0.15, 0.2) is 79.0 Å². The Hall–Kier alpha value is -4.28. The Labute approximate surface area is 278 Å². The fourth-order valence-corrected chi connectivity index (χ4v) is 5.64. The van der Waals surface area contributed by atoms with Crippen LogP contribution in [0.5, 0.6) is 0 Å². The highest BCUT2D eigenvalue weighted by atomic mass is 16.4. The molecule has 47 heavy (non-hydrogen) atoms. The van der Waals surface area contributed by atoms with Gasteiger partial charge in [0, 0.05) is 24.8 Å².